The quantitative estimate of drug-likeness (QED) is 0.896. The van der Waals surface area contributed by atoms with E-state index < -0.39 is 0 Å². The molecule has 6 nitrogen and oxygen atoms in total. The number of ether oxygens (including phenoxy) is 1. The maximum atomic E-state index is 12.3. The standard InChI is InChI=1S/C17H21N3O3/c1-23-14-9-5-4-8-13(14)19-16(21)10-15-18-12-7-3-2-6-11(12)17(22)20-15/h2-3,6-7,13-14H,4-5,8-10H2,1H3,(H,19,21)(H,18,20,22). The van der Waals surface area contributed by atoms with E-state index in [1.807, 2.05) is 6.07 Å². The van der Waals surface area contributed by atoms with Gasteiger partial charge >= 0.3 is 0 Å². The number of methoxy groups -OCH3 is 1. The van der Waals surface area contributed by atoms with Gasteiger partial charge in [-0.05, 0) is 25.0 Å². The van der Waals surface area contributed by atoms with E-state index in [-0.39, 0.29) is 30.0 Å². The summed E-state index contributed by atoms with van der Waals surface area (Å²) in [6.07, 6.45) is 4.24. The van der Waals surface area contributed by atoms with Crippen LogP contribution in [0.1, 0.15) is 31.5 Å². The van der Waals surface area contributed by atoms with E-state index in [0.29, 0.717) is 16.7 Å². The average molecular weight is 315 g/mol. The van der Waals surface area contributed by atoms with Gasteiger partial charge in [-0.25, -0.2) is 4.98 Å². The number of fused-ring (bicyclic) bond motifs is 1. The van der Waals surface area contributed by atoms with Crippen molar-refractivity contribution in [3.05, 3.63) is 40.4 Å². The van der Waals surface area contributed by atoms with Crippen molar-refractivity contribution in [1.82, 2.24) is 15.3 Å². The van der Waals surface area contributed by atoms with E-state index >= 15 is 0 Å². The van der Waals surface area contributed by atoms with E-state index in [1.54, 1.807) is 25.3 Å². The molecule has 1 aromatic heterocycles. The van der Waals surface area contributed by atoms with Crippen molar-refractivity contribution in [2.24, 2.45) is 0 Å². The number of aromatic amines is 1. The first-order valence-corrected chi connectivity index (χ1v) is 7.97. The summed E-state index contributed by atoms with van der Waals surface area (Å²) < 4.78 is 5.44. The number of benzene rings is 1. The molecule has 6 heteroatoms. The highest BCUT2D eigenvalue weighted by atomic mass is 16.5. The van der Waals surface area contributed by atoms with Crippen molar-refractivity contribution < 1.29 is 9.53 Å². The molecule has 0 bridgehead atoms. The SMILES string of the molecule is COC1CCCCC1NC(=O)Cc1nc2ccccc2c(=O)[nH]1. The van der Waals surface area contributed by atoms with Gasteiger partial charge in [0.25, 0.3) is 5.56 Å². The number of nitrogens with zero attached hydrogens (tertiary/aromatic N) is 1. The summed E-state index contributed by atoms with van der Waals surface area (Å²) in [4.78, 5) is 31.3. The Bertz CT molecular complexity index is 756. The van der Waals surface area contributed by atoms with Gasteiger partial charge in [-0.1, -0.05) is 25.0 Å². The second-order valence-corrected chi connectivity index (χ2v) is 5.94. The molecule has 1 aliphatic carbocycles. The van der Waals surface area contributed by atoms with Crippen molar-refractivity contribution >= 4 is 16.8 Å². The summed E-state index contributed by atoms with van der Waals surface area (Å²) >= 11 is 0. The Balaban J connectivity index is 1.71. The van der Waals surface area contributed by atoms with Crippen molar-refractivity contribution in [1.29, 1.82) is 0 Å². The third-order valence-electron chi connectivity index (χ3n) is 4.34. The molecule has 1 aromatic carbocycles. The van der Waals surface area contributed by atoms with Gasteiger partial charge in [-0.3, -0.25) is 9.59 Å². The lowest BCUT2D eigenvalue weighted by molar-refractivity contribution is -0.122. The van der Waals surface area contributed by atoms with Gasteiger partial charge in [-0.15, -0.1) is 0 Å². The van der Waals surface area contributed by atoms with E-state index in [1.165, 1.54) is 0 Å². The number of rotatable bonds is 4. The molecule has 122 valence electrons. The van der Waals surface area contributed by atoms with Crippen LogP contribution in [0.25, 0.3) is 10.9 Å². The molecule has 2 atom stereocenters. The Kier molecular flexibility index (Phi) is 4.71. The summed E-state index contributed by atoms with van der Waals surface area (Å²) in [6, 6.07) is 7.14. The van der Waals surface area contributed by atoms with E-state index in [2.05, 4.69) is 15.3 Å². The number of amides is 1. The third kappa shape index (κ3) is 3.59. The molecule has 3 rings (SSSR count). The lowest BCUT2D eigenvalue weighted by Crippen LogP contribution is -2.46. The monoisotopic (exact) mass is 315 g/mol. The highest BCUT2D eigenvalue weighted by Crippen LogP contribution is 2.20. The third-order valence-corrected chi connectivity index (χ3v) is 4.34. The van der Waals surface area contributed by atoms with Crippen LogP contribution in [0.3, 0.4) is 0 Å². The fourth-order valence-electron chi connectivity index (χ4n) is 3.17. The summed E-state index contributed by atoms with van der Waals surface area (Å²) in [6.45, 7) is 0. The maximum absolute atomic E-state index is 12.3. The summed E-state index contributed by atoms with van der Waals surface area (Å²) in [5.41, 5.74) is 0.386. The highest BCUT2D eigenvalue weighted by molar-refractivity contribution is 5.80. The van der Waals surface area contributed by atoms with Crippen LogP contribution >= 0.6 is 0 Å². The first-order valence-electron chi connectivity index (χ1n) is 7.97. The van der Waals surface area contributed by atoms with Crippen molar-refractivity contribution in [2.45, 2.75) is 44.2 Å². The molecule has 1 saturated carbocycles. The lowest BCUT2D eigenvalue weighted by Gasteiger charge is -2.31. The van der Waals surface area contributed by atoms with E-state index in [4.69, 9.17) is 4.74 Å². The number of H-pyrrole nitrogens is 1. The normalized spacial score (nSPS) is 21.3. The van der Waals surface area contributed by atoms with Crippen LogP contribution in [0.5, 0.6) is 0 Å². The number of hydrogen-bond acceptors (Lipinski definition) is 4. The number of carbonyl (C=O) groups excluding carboxylic acids is 1. The summed E-state index contributed by atoms with van der Waals surface area (Å²) in [5, 5.41) is 3.54. The van der Waals surface area contributed by atoms with Crippen LogP contribution in [-0.2, 0) is 16.0 Å². The van der Waals surface area contributed by atoms with Crippen molar-refractivity contribution in [3.8, 4) is 0 Å². The van der Waals surface area contributed by atoms with E-state index in [9.17, 15) is 9.59 Å². The van der Waals surface area contributed by atoms with Crippen LogP contribution in [0.2, 0.25) is 0 Å². The van der Waals surface area contributed by atoms with Crippen LogP contribution in [0.4, 0.5) is 0 Å². The first-order chi connectivity index (χ1) is 11.2. The number of para-hydroxylation sites is 1. The smallest absolute Gasteiger partial charge is 0.258 e. The Labute approximate surface area is 134 Å². The van der Waals surface area contributed by atoms with Crippen molar-refractivity contribution in [2.75, 3.05) is 7.11 Å². The molecule has 2 aromatic rings. The van der Waals surface area contributed by atoms with Gasteiger partial charge in [0.15, 0.2) is 0 Å². The molecule has 0 aliphatic heterocycles. The largest absolute Gasteiger partial charge is 0.379 e. The van der Waals surface area contributed by atoms with Gasteiger partial charge in [0, 0.05) is 7.11 Å². The van der Waals surface area contributed by atoms with Gasteiger partial charge in [0.2, 0.25) is 5.91 Å². The van der Waals surface area contributed by atoms with E-state index in [0.717, 1.165) is 25.7 Å². The number of hydrogen-bond donors (Lipinski definition) is 2. The molecular weight excluding hydrogens is 294 g/mol. The molecule has 2 N–H and O–H groups in total. The first kappa shape index (κ1) is 15.7. The zero-order valence-corrected chi connectivity index (χ0v) is 13.2. The zero-order valence-electron chi connectivity index (χ0n) is 13.2. The fourth-order valence-corrected chi connectivity index (χ4v) is 3.17. The Morgan fingerprint density at radius 1 is 1.35 bits per heavy atom. The second-order valence-electron chi connectivity index (χ2n) is 5.94. The second kappa shape index (κ2) is 6.91. The van der Waals surface area contributed by atoms with Crippen LogP contribution in [0.15, 0.2) is 29.1 Å². The number of carbonyl (C=O) groups is 1. The predicted molar refractivity (Wildman–Crippen MR) is 87.3 cm³/mol. The van der Waals surface area contributed by atoms with Gasteiger partial charge in [-0.2, -0.15) is 0 Å². The Morgan fingerprint density at radius 2 is 2.13 bits per heavy atom. The molecule has 23 heavy (non-hydrogen) atoms. The topological polar surface area (TPSA) is 84.1 Å². The van der Waals surface area contributed by atoms with Gasteiger partial charge in [0.1, 0.15) is 5.82 Å². The molecule has 0 radical (unpaired) electrons. The zero-order chi connectivity index (χ0) is 16.2. The number of nitrogens with one attached hydrogen (secondary N) is 2. The Hall–Kier alpha value is -2.21. The predicted octanol–water partition coefficient (Wildman–Crippen LogP) is 1.54. The van der Waals surface area contributed by atoms with Gasteiger partial charge in [0.05, 0.1) is 29.5 Å². The molecule has 1 amide bonds. The molecule has 0 saturated heterocycles. The minimum Gasteiger partial charge on any atom is -0.379 e. The van der Waals surface area contributed by atoms with Crippen LogP contribution in [0, 0.1) is 0 Å². The summed E-state index contributed by atoms with van der Waals surface area (Å²) in [5.74, 6) is 0.244. The molecular formula is C17H21N3O3. The molecule has 0 spiro atoms. The Morgan fingerprint density at radius 3 is 2.96 bits per heavy atom. The molecule has 1 heterocycles. The highest BCUT2D eigenvalue weighted by Gasteiger charge is 2.26. The lowest BCUT2D eigenvalue weighted by atomic mass is 9.92. The van der Waals surface area contributed by atoms with Gasteiger partial charge < -0.3 is 15.0 Å². The number of aromatic nitrogens is 2. The van der Waals surface area contributed by atoms with Crippen LogP contribution < -0.4 is 10.9 Å². The molecule has 1 aliphatic rings. The van der Waals surface area contributed by atoms with Crippen molar-refractivity contribution in [3.63, 3.8) is 0 Å². The fraction of sp³-hybridized carbons (Fsp3) is 0.471. The minimum absolute atomic E-state index is 0.0356. The average Bonchev–Trinajstić information content (AvgIpc) is 2.55. The molecule has 1 fully saturated rings. The van der Waals surface area contributed by atoms with Crippen LogP contribution in [-0.4, -0.2) is 35.1 Å². The maximum Gasteiger partial charge on any atom is 0.258 e. The summed E-state index contributed by atoms with van der Waals surface area (Å²) in [7, 11) is 1.68. The molecule has 2 unspecified atom stereocenters. The minimum atomic E-state index is -0.217.